The molecule has 94 valence electrons. The first kappa shape index (κ1) is 12.1. The Kier molecular flexibility index (Phi) is 3.81. The van der Waals surface area contributed by atoms with Crippen molar-refractivity contribution in [2.45, 2.75) is 19.9 Å². The lowest BCUT2D eigenvalue weighted by Crippen LogP contribution is -2.38. The molecule has 0 aromatic carbocycles. The molecule has 0 unspecified atom stereocenters. The molecule has 1 saturated heterocycles. The first-order chi connectivity index (χ1) is 8.24. The van der Waals surface area contributed by atoms with E-state index in [9.17, 15) is 4.79 Å². The number of hydrogen-bond acceptors (Lipinski definition) is 4. The van der Waals surface area contributed by atoms with Crippen LogP contribution in [0, 0.1) is 0 Å². The third-order valence-corrected chi connectivity index (χ3v) is 3.11. The van der Waals surface area contributed by atoms with Crippen molar-refractivity contribution in [1.82, 2.24) is 15.3 Å². The van der Waals surface area contributed by atoms with Crippen LogP contribution < -0.4 is 5.32 Å². The highest BCUT2D eigenvalue weighted by atomic mass is 16.3. The minimum absolute atomic E-state index is 0.0576. The predicted molar refractivity (Wildman–Crippen MR) is 64.5 cm³/mol. The number of carbonyl (C=O) groups excluding carboxylic acids is 1. The predicted octanol–water partition coefficient (Wildman–Crippen LogP) is 0.950. The van der Waals surface area contributed by atoms with Crippen LogP contribution in [0.1, 0.15) is 24.2 Å². The molecule has 5 heteroatoms. The van der Waals surface area contributed by atoms with E-state index in [-0.39, 0.29) is 11.9 Å². The molecule has 2 rings (SSSR count). The molecule has 17 heavy (non-hydrogen) atoms. The van der Waals surface area contributed by atoms with E-state index in [0.29, 0.717) is 5.56 Å². The smallest absolute Gasteiger partial charge is 0.254 e. The highest BCUT2D eigenvalue weighted by molar-refractivity contribution is 5.93. The largest absolute Gasteiger partial charge is 0.472 e. The molecule has 0 spiro atoms. The Balaban J connectivity index is 1.91. The Morgan fingerprint density at radius 3 is 2.53 bits per heavy atom. The number of nitrogens with zero attached hydrogens (tertiary/aromatic N) is 2. The van der Waals surface area contributed by atoms with E-state index in [1.165, 1.54) is 12.5 Å². The highest BCUT2D eigenvalue weighted by Gasteiger charge is 2.29. The Bertz CT molecular complexity index is 352. The van der Waals surface area contributed by atoms with E-state index in [4.69, 9.17) is 4.42 Å². The summed E-state index contributed by atoms with van der Waals surface area (Å²) in [5, 5.41) is 7.56. The van der Waals surface area contributed by atoms with E-state index < -0.39 is 0 Å². The topological polar surface area (TPSA) is 48.7 Å². The van der Waals surface area contributed by atoms with Crippen molar-refractivity contribution in [1.29, 1.82) is 0 Å². The molecular weight excluding hydrogens is 218 g/mol. The van der Waals surface area contributed by atoms with Gasteiger partial charge in [-0.15, -0.1) is 0 Å². The Morgan fingerprint density at radius 1 is 1.41 bits per heavy atom. The minimum Gasteiger partial charge on any atom is -0.472 e. The first-order valence-electron chi connectivity index (χ1n) is 6.07. The molecule has 1 aromatic rings. The van der Waals surface area contributed by atoms with Crippen molar-refractivity contribution in [3.05, 3.63) is 24.2 Å². The van der Waals surface area contributed by atoms with Crippen molar-refractivity contribution in [2.75, 3.05) is 26.2 Å². The number of carbonyl (C=O) groups is 1. The van der Waals surface area contributed by atoms with Crippen LogP contribution in [-0.4, -0.2) is 48.1 Å². The lowest BCUT2D eigenvalue weighted by molar-refractivity contribution is 0.0388. The Hall–Kier alpha value is -1.33. The Morgan fingerprint density at radius 2 is 2.06 bits per heavy atom. The fraction of sp³-hybridized carbons (Fsp3) is 0.583. The number of rotatable bonds is 4. The molecule has 5 nitrogen and oxygen atoms in total. The zero-order valence-corrected chi connectivity index (χ0v) is 10.3. The second kappa shape index (κ2) is 5.33. The molecule has 0 atom stereocenters. The van der Waals surface area contributed by atoms with Gasteiger partial charge in [-0.25, -0.2) is 10.0 Å². The van der Waals surface area contributed by atoms with E-state index in [1.54, 1.807) is 6.07 Å². The van der Waals surface area contributed by atoms with Gasteiger partial charge >= 0.3 is 0 Å². The van der Waals surface area contributed by atoms with Crippen LogP contribution in [0.2, 0.25) is 0 Å². The number of amides is 1. The standard InChI is InChI=1S/C12H19N3O2/c1-3-14-7-11(8-15(14)4-2)13-12(16)10-5-6-17-9-10/h5-6,9,11H,3-4,7-8H2,1-2H3,(H,13,16). The fourth-order valence-electron chi connectivity index (χ4n) is 2.21. The summed E-state index contributed by atoms with van der Waals surface area (Å²) in [4.78, 5) is 11.8. The minimum atomic E-state index is -0.0576. The zero-order chi connectivity index (χ0) is 12.3. The van der Waals surface area contributed by atoms with E-state index in [0.717, 1.165) is 26.2 Å². The summed E-state index contributed by atoms with van der Waals surface area (Å²) in [7, 11) is 0. The van der Waals surface area contributed by atoms with Crippen LogP contribution in [0.15, 0.2) is 23.0 Å². The normalized spacial score (nSPS) is 18.7. The van der Waals surface area contributed by atoms with Crippen molar-refractivity contribution in [2.24, 2.45) is 0 Å². The summed E-state index contributed by atoms with van der Waals surface area (Å²) in [6.07, 6.45) is 2.99. The third-order valence-electron chi connectivity index (χ3n) is 3.11. The average molecular weight is 237 g/mol. The number of hydrazine groups is 1. The van der Waals surface area contributed by atoms with Gasteiger partial charge < -0.3 is 9.73 Å². The van der Waals surface area contributed by atoms with E-state index >= 15 is 0 Å². The van der Waals surface area contributed by atoms with Crippen LogP contribution in [0.4, 0.5) is 0 Å². The zero-order valence-electron chi connectivity index (χ0n) is 10.3. The first-order valence-corrected chi connectivity index (χ1v) is 6.07. The summed E-state index contributed by atoms with van der Waals surface area (Å²) in [6.45, 7) is 7.98. The summed E-state index contributed by atoms with van der Waals surface area (Å²) in [6, 6.07) is 1.87. The van der Waals surface area contributed by atoms with Gasteiger partial charge in [0.1, 0.15) is 6.26 Å². The van der Waals surface area contributed by atoms with Crippen LogP contribution >= 0.6 is 0 Å². The number of hydrogen-bond donors (Lipinski definition) is 1. The van der Waals surface area contributed by atoms with Gasteiger partial charge in [-0.2, -0.15) is 0 Å². The molecule has 1 amide bonds. The van der Waals surface area contributed by atoms with Gasteiger partial charge in [0, 0.05) is 26.2 Å². The SMILES string of the molecule is CCN1CC(NC(=O)c2ccoc2)CN1CC. The van der Waals surface area contributed by atoms with Gasteiger partial charge in [-0.05, 0) is 6.07 Å². The number of nitrogens with one attached hydrogen (secondary N) is 1. The van der Waals surface area contributed by atoms with Gasteiger partial charge in [-0.1, -0.05) is 13.8 Å². The Labute approximate surface area is 101 Å². The molecule has 0 aliphatic carbocycles. The van der Waals surface area contributed by atoms with Crippen LogP contribution in [-0.2, 0) is 0 Å². The molecule has 1 aliphatic rings. The molecular formula is C12H19N3O2. The summed E-state index contributed by atoms with van der Waals surface area (Å²) >= 11 is 0. The monoisotopic (exact) mass is 237 g/mol. The number of furan rings is 1. The maximum Gasteiger partial charge on any atom is 0.254 e. The number of likely N-dealkylation sites (N-methyl/N-ethyl adjacent to an activating group) is 2. The van der Waals surface area contributed by atoms with Gasteiger partial charge in [-0.3, -0.25) is 4.79 Å². The maximum absolute atomic E-state index is 11.8. The molecule has 2 heterocycles. The van der Waals surface area contributed by atoms with Crippen LogP contribution in [0.3, 0.4) is 0 Å². The van der Waals surface area contributed by atoms with Crippen molar-refractivity contribution in [3.8, 4) is 0 Å². The summed E-state index contributed by atoms with van der Waals surface area (Å²) in [5.74, 6) is -0.0576. The van der Waals surface area contributed by atoms with Gasteiger partial charge in [0.2, 0.25) is 0 Å². The summed E-state index contributed by atoms with van der Waals surface area (Å²) in [5.41, 5.74) is 0.586. The average Bonchev–Trinajstić information content (AvgIpc) is 2.97. The van der Waals surface area contributed by atoms with Crippen molar-refractivity contribution < 1.29 is 9.21 Å². The maximum atomic E-state index is 11.8. The molecule has 1 aliphatic heterocycles. The second-order valence-corrected chi connectivity index (χ2v) is 4.19. The highest BCUT2D eigenvalue weighted by Crippen LogP contribution is 2.11. The lowest BCUT2D eigenvalue weighted by Gasteiger charge is -2.24. The van der Waals surface area contributed by atoms with Crippen molar-refractivity contribution >= 4 is 5.91 Å². The van der Waals surface area contributed by atoms with E-state index in [1.807, 2.05) is 0 Å². The molecule has 1 N–H and O–H groups in total. The molecule has 0 radical (unpaired) electrons. The summed E-state index contributed by atoms with van der Waals surface area (Å²) < 4.78 is 4.90. The van der Waals surface area contributed by atoms with Crippen LogP contribution in [0.25, 0.3) is 0 Å². The molecule has 1 fully saturated rings. The fourth-order valence-corrected chi connectivity index (χ4v) is 2.21. The molecule has 0 saturated carbocycles. The van der Waals surface area contributed by atoms with Gasteiger partial charge in [0.05, 0.1) is 17.9 Å². The van der Waals surface area contributed by atoms with E-state index in [2.05, 4.69) is 29.2 Å². The molecule has 0 bridgehead atoms. The second-order valence-electron chi connectivity index (χ2n) is 4.19. The third kappa shape index (κ3) is 2.68. The van der Waals surface area contributed by atoms with Crippen LogP contribution in [0.5, 0.6) is 0 Å². The lowest BCUT2D eigenvalue weighted by atomic mass is 10.2. The van der Waals surface area contributed by atoms with Gasteiger partial charge in [0.25, 0.3) is 5.91 Å². The molecule has 1 aromatic heterocycles. The van der Waals surface area contributed by atoms with Crippen molar-refractivity contribution in [3.63, 3.8) is 0 Å². The van der Waals surface area contributed by atoms with Gasteiger partial charge in [0.15, 0.2) is 0 Å². The quantitative estimate of drug-likeness (QED) is 0.847.